The van der Waals surface area contributed by atoms with Crippen LogP contribution in [0.1, 0.15) is 10.4 Å². The van der Waals surface area contributed by atoms with Gasteiger partial charge in [0.25, 0.3) is 0 Å². The first-order chi connectivity index (χ1) is 6.06. The van der Waals surface area contributed by atoms with E-state index < -0.39 is 5.97 Å². The van der Waals surface area contributed by atoms with Crippen molar-refractivity contribution >= 4 is 44.5 Å². The highest BCUT2D eigenvalue weighted by Gasteiger charge is 2.11. The number of hydrogen-bond donors (Lipinski definition) is 1. The normalized spacial score (nSPS) is 9.77. The van der Waals surface area contributed by atoms with Gasteiger partial charge < -0.3 is 9.84 Å². The quantitative estimate of drug-likeness (QED) is 0.829. The third kappa shape index (κ3) is 2.34. The highest BCUT2D eigenvalue weighted by molar-refractivity contribution is 14.1. The van der Waals surface area contributed by atoms with Crippen LogP contribution < -0.4 is 4.74 Å². The van der Waals surface area contributed by atoms with Gasteiger partial charge in [-0.05, 0) is 50.7 Å². The average molecular weight is 357 g/mol. The first kappa shape index (κ1) is 10.8. The number of carboxylic acids is 1. The number of ether oxygens (including phenoxy) is 1. The van der Waals surface area contributed by atoms with Gasteiger partial charge >= 0.3 is 5.97 Å². The molecule has 0 aromatic heterocycles. The summed E-state index contributed by atoms with van der Waals surface area (Å²) < 4.78 is 6.49. The maximum absolute atomic E-state index is 10.6. The van der Waals surface area contributed by atoms with Gasteiger partial charge in [-0.3, -0.25) is 0 Å². The second-order valence-corrected chi connectivity index (χ2v) is 4.29. The maximum Gasteiger partial charge on any atom is 0.335 e. The van der Waals surface area contributed by atoms with Crippen molar-refractivity contribution in [1.29, 1.82) is 0 Å². The van der Waals surface area contributed by atoms with Gasteiger partial charge in [-0.2, -0.15) is 0 Å². The molecule has 13 heavy (non-hydrogen) atoms. The van der Waals surface area contributed by atoms with E-state index in [2.05, 4.69) is 15.9 Å². The van der Waals surface area contributed by atoms with Gasteiger partial charge in [0.2, 0.25) is 0 Å². The van der Waals surface area contributed by atoms with Crippen molar-refractivity contribution in [2.24, 2.45) is 0 Å². The monoisotopic (exact) mass is 356 g/mol. The van der Waals surface area contributed by atoms with E-state index in [0.717, 1.165) is 3.57 Å². The molecule has 0 radical (unpaired) electrons. The molecule has 0 saturated carbocycles. The van der Waals surface area contributed by atoms with E-state index in [1.54, 1.807) is 13.2 Å². The molecule has 0 aliphatic heterocycles. The summed E-state index contributed by atoms with van der Waals surface area (Å²) in [5.74, 6) is -0.285. The molecule has 0 aliphatic rings. The predicted molar refractivity (Wildman–Crippen MR) is 60.4 cm³/mol. The van der Waals surface area contributed by atoms with Crippen LogP contribution in [0.3, 0.4) is 0 Å². The van der Waals surface area contributed by atoms with Crippen LogP contribution >= 0.6 is 38.5 Å². The molecular formula is C8H6BrIO3. The van der Waals surface area contributed by atoms with Crippen molar-refractivity contribution in [2.45, 2.75) is 0 Å². The predicted octanol–water partition coefficient (Wildman–Crippen LogP) is 2.76. The minimum Gasteiger partial charge on any atom is -0.494 e. The van der Waals surface area contributed by atoms with Crippen molar-refractivity contribution in [3.05, 3.63) is 25.7 Å². The number of methoxy groups -OCH3 is 1. The number of rotatable bonds is 2. The Morgan fingerprint density at radius 2 is 2.23 bits per heavy atom. The molecule has 0 amide bonds. The summed E-state index contributed by atoms with van der Waals surface area (Å²) >= 11 is 5.26. The van der Waals surface area contributed by atoms with Crippen LogP contribution in [-0.2, 0) is 0 Å². The number of carbonyl (C=O) groups is 1. The van der Waals surface area contributed by atoms with E-state index in [0.29, 0.717) is 10.2 Å². The lowest BCUT2D eigenvalue weighted by atomic mass is 10.2. The van der Waals surface area contributed by atoms with Crippen molar-refractivity contribution in [1.82, 2.24) is 0 Å². The second-order valence-electron chi connectivity index (χ2n) is 2.28. The second kappa shape index (κ2) is 4.28. The van der Waals surface area contributed by atoms with Crippen molar-refractivity contribution in [3.8, 4) is 5.75 Å². The molecule has 0 fully saturated rings. The van der Waals surface area contributed by atoms with E-state index in [-0.39, 0.29) is 5.56 Å². The van der Waals surface area contributed by atoms with Crippen molar-refractivity contribution in [2.75, 3.05) is 7.11 Å². The van der Waals surface area contributed by atoms with Crippen LogP contribution in [0.5, 0.6) is 5.75 Å². The highest BCUT2D eigenvalue weighted by Crippen LogP contribution is 2.31. The minimum absolute atomic E-state index is 0.247. The maximum atomic E-state index is 10.6. The summed E-state index contributed by atoms with van der Waals surface area (Å²) in [4.78, 5) is 10.6. The Hall–Kier alpha value is -0.300. The number of aromatic carboxylic acids is 1. The molecule has 70 valence electrons. The van der Waals surface area contributed by atoms with Gasteiger partial charge in [-0.15, -0.1) is 0 Å². The van der Waals surface area contributed by atoms with Crippen LogP contribution in [0.2, 0.25) is 0 Å². The van der Waals surface area contributed by atoms with Crippen molar-refractivity contribution < 1.29 is 14.6 Å². The fraction of sp³-hybridized carbons (Fsp3) is 0.125. The molecule has 5 heteroatoms. The highest BCUT2D eigenvalue weighted by atomic mass is 127. The fourth-order valence-corrected chi connectivity index (χ4v) is 2.72. The van der Waals surface area contributed by atoms with Crippen LogP contribution in [-0.4, -0.2) is 18.2 Å². The number of benzene rings is 1. The standard InChI is InChI=1S/C8H6BrIO3/c1-13-7-5(9)2-4(8(11)12)3-6(7)10/h2-3H,1H3,(H,11,12). The number of hydrogen-bond acceptors (Lipinski definition) is 2. The van der Waals surface area contributed by atoms with E-state index in [1.165, 1.54) is 6.07 Å². The van der Waals surface area contributed by atoms with Gasteiger partial charge in [-0.1, -0.05) is 0 Å². The molecular weight excluding hydrogens is 351 g/mol. The smallest absolute Gasteiger partial charge is 0.335 e. The Morgan fingerprint density at radius 3 is 2.62 bits per heavy atom. The Balaban J connectivity index is 3.28. The molecule has 1 rings (SSSR count). The SMILES string of the molecule is COc1c(Br)cc(C(=O)O)cc1I. The molecule has 0 spiro atoms. The summed E-state index contributed by atoms with van der Waals surface area (Å²) in [7, 11) is 1.54. The zero-order valence-electron chi connectivity index (χ0n) is 6.67. The summed E-state index contributed by atoms with van der Waals surface area (Å²) in [5.41, 5.74) is 0.247. The third-order valence-corrected chi connectivity index (χ3v) is 2.84. The molecule has 0 saturated heterocycles. The lowest BCUT2D eigenvalue weighted by Gasteiger charge is -2.06. The van der Waals surface area contributed by atoms with Crippen LogP contribution in [0, 0.1) is 3.57 Å². The van der Waals surface area contributed by atoms with E-state index in [1.807, 2.05) is 22.6 Å². The summed E-state index contributed by atoms with van der Waals surface area (Å²) in [6, 6.07) is 3.08. The van der Waals surface area contributed by atoms with Gasteiger partial charge in [0, 0.05) is 0 Å². The zero-order valence-corrected chi connectivity index (χ0v) is 10.4. The summed E-state index contributed by atoms with van der Waals surface area (Å²) in [6.45, 7) is 0. The largest absolute Gasteiger partial charge is 0.494 e. The van der Waals surface area contributed by atoms with Gasteiger partial charge in [0.1, 0.15) is 5.75 Å². The third-order valence-electron chi connectivity index (χ3n) is 1.45. The molecule has 0 bridgehead atoms. The van der Waals surface area contributed by atoms with E-state index in [9.17, 15) is 4.79 Å². The molecule has 0 unspecified atom stereocenters. The van der Waals surface area contributed by atoms with Crippen LogP contribution in [0.15, 0.2) is 16.6 Å². The lowest BCUT2D eigenvalue weighted by molar-refractivity contribution is 0.0696. The Morgan fingerprint density at radius 1 is 1.62 bits per heavy atom. The first-order valence-electron chi connectivity index (χ1n) is 3.32. The molecule has 1 aromatic rings. The topological polar surface area (TPSA) is 46.5 Å². The lowest BCUT2D eigenvalue weighted by Crippen LogP contribution is -1.98. The van der Waals surface area contributed by atoms with Gasteiger partial charge in [0.15, 0.2) is 0 Å². The number of halogens is 2. The van der Waals surface area contributed by atoms with Gasteiger partial charge in [-0.25, -0.2) is 4.79 Å². The molecule has 3 nitrogen and oxygen atoms in total. The molecule has 0 aliphatic carbocycles. The number of carboxylic acid groups (broad SMARTS) is 1. The molecule has 0 heterocycles. The Labute approximate surface area is 97.4 Å². The zero-order chi connectivity index (χ0) is 10.0. The molecule has 1 N–H and O–H groups in total. The van der Waals surface area contributed by atoms with Crippen molar-refractivity contribution in [3.63, 3.8) is 0 Å². The van der Waals surface area contributed by atoms with Crippen LogP contribution in [0.4, 0.5) is 0 Å². The summed E-state index contributed by atoms with van der Waals surface area (Å²) in [6.07, 6.45) is 0. The fourth-order valence-electron chi connectivity index (χ4n) is 0.878. The van der Waals surface area contributed by atoms with E-state index in [4.69, 9.17) is 9.84 Å². The summed E-state index contributed by atoms with van der Waals surface area (Å²) in [5, 5.41) is 8.73. The molecule has 0 atom stereocenters. The Bertz CT molecular complexity index is 328. The minimum atomic E-state index is -0.943. The van der Waals surface area contributed by atoms with Gasteiger partial charge in [0.05, 0.1) is 20.7 Å². The Kier molecular flexibility index (Phi) is 3.55. The first-order valence-corrected chi connectivity index (χ1v) is 5.19. The average Bonchev–Trinajstić information content (AvgIpc) is 2.03. The molecule has 1 aromatic carbocycles. The van der Waals surface area contributed by atoms with Crippen LogP contribution in [0.25, 0.3) is 0 Å². The van der Waals surface area contributed by atoms with E-state index >= 15 is 0 Å².